The average Bonchev–Trinajstić information content (AvgIpc) is 2.42. The van der Waals surface area contributed by atoms with Gasteiger partial charge in [-0.15, -0.1) is 0 Å². The number of anilines is 1. The lowest BCUT2D eigenvalue weighted by Gasteiger charge is -2.16. The summed E-state index contributed by atoms with van der Waals surface area (Å²) in [6, 6.07) is 7.81. The lowest BCUT2D eigenvalue weighted by atomic mass is 10.2. The van der Waals surface area contributed by atoms with Crippen molar-refractivity contribution in [3.05, 3.63) is 53.5 Å². The summed E-state index contributed by atoms with van der Waals surface area (Å²) in [6.45, 7) is 2.47. The third kappa shape index (κ3) is 4.53. The zero-order valence-electron chi connectivity index (χ0n) is 12.5. The number of carbonyl (C=O) groups excluding carboxylic acids is 1. The molecule has 0 atom stereocenters. The minimum Gasteiger partial charge on any atom is -0.505 e. The van der Waals surface area contributed by atoms with Crippen molar-refractivity contribution in [3.8, 4) is 5.75 Å². The third-order valence-electron chi connectivity index (χ3n) is 3.06. The van der Waals surface area contributed by atoms with E-state index in [1.807, 2.05) is 13.0 Å². The van der Waals surface area contributed by atoms with E-state index in [1.165, 1.54) is 12.1 Å². The number of likely N-dealkylation sites (N-methyl/N-ethyl adjacent to an activating group) is 1. The van der Waals surface area contributed by atoms with E-state index in [1.54, 1.807) is 30.3 Å². The number of hydrogen-bond donors (Lipinski definition) is 2. The normalized spacial score (nSPS) is 10.7. The van der Waals surface area contributed by atoms with E-state index in [0.717, 1.165) is 5.56 Å². The second-order valence-corrected chi connectivity index (χ2v) is 5.22. The Morgan fingerprint density at radius 3 is 2.82 bits per heavy atom. The molecular weight excluding hydrogens is 285 g/mol. The van der Waals surface area contributed by atoms with Gasteiger partial charge in [0.05, 0.1) is 6.54 Å². The first-order valence-electron chi connectivity index (χ1n) is 6.82. The zero-order chi connectivity index (χ0) is 16.1. The average molecular weight is 303 g/mol. The molecule has 0 radical (unpaired) electrons. The van der Waals surface area contributed by atoms with E-state index < -0.39 is 5.82 Å². The van der Waals surface area contributed by atoms with Gasteiger partial charge in [0.1, 0.15) is 5.82 Å². The molecule has 0 aliphatic rings. The number of benzene rings is 1. The number of pyridine rings is 1. The quantitative estimate of drug-likeness (QED) is 0.889. The number of hydrogen-bond acceptors (Lipinski definition) is 4. The predicted octanol–water partition coefficient (Wildman–Crippen LogP) is 2.31. The molecule has 1 aromatic heterocycles. The molecule has 1 heterocycles. The maximum atomic E-state index is 13.3. The number of rotatable bonds is 5. The summed E-state index contributed by atoms with van der Waals surface area (Å²) < 4.78 is 13.3. The number of amides is 1. The van der Waals surface area contributed by atoms with Gasteiger partial charge in [-0.1, -0.05) is 6.07 Å². The topological polar surface area (TPSA) is 65.5 Å². The second kappa shape index (κ2) is 7.00. The fourth-order valence-electron chi connectivity index (χ4n) is 2.05. The summed E-state index contributed by atoms with van der Waals surface area (Å²) in [6.07, 6.45) is 1.63. The summed E-state index contributed by atoms with van der Waals surface area (Å²) in [7, 11) is 1.76. The van der Waals surface area contributed by atoms with E-state index in [2.05, 4.69) is 10.3 Å². The van der Waals surface area contributed by atoms with Crippen molar-refractivity contribution in [1.82, 2.24) is 9.88 Å². The predicted molar refractivity (Wildman–Crippen MR) is 82.0 cm³/mol. The number of aromatic nitrogens is 1. The lowest BCUT2D eigenvalue weighted by molar-refractivity contribution is -0.117. The van der Waals surface area contributed by atoms with E-state index in [4.69, 9.17) is 5.11 Å². The number of carbonyl (C=O) groups is 1. The highest BCUT2D eigenvalue weighted by atomic mass is 19.1. The molecule has 6 heteroatoms. The molecule has 1 amide bonds. The fourth-order valence-corrected chi connectivity index (χ4v) is 2.05. The van der Waals surface area contributed by atoms with E-state index >= 15 is 0 Å². The van der Waals surface area contributed by atoms with Crippen LogP contribution in [0.3, 0.4) is 0 Å². The van der Waals surface area contributed by atoms with Gasteiger partial charge in [0.2, 0.25) is 5.91 Å². The fraction of sp³-hybridized carbons (Fsp3) is 0.250. The molecule has 0 aliphatic carbocycles. The van der Waals surface area contributed by atoms with E-state index in [9.17, 15) is 9.18 Å². The van der Waals surface area contributed by atoms with Gasteiger partial charge in [-0.3, -0.25) is 9.69 Å². The van der Waals surface area contributed by atoms with Crippen LogP contribution in [0.15, 0.2) is 36.5 Å². The number of phenolic OH excluding ortho intramolecular Hbond substituents is 1. The standard InChI is InChI=1S/C16H18FN3O2/c1-11-5-6-18-15(7-11)19-16(22)10-20(2)9-12-3-4-14(21)13(17)8-12/h3-8,21H,9-10H2,1-2H3,(H,18,19,22). The largest absolute Gasteiger partial charge is 0.505 e. The van der Waals surface area contributed by atoms with Crippen molar-refractivity contribution in [3.63, 3.8) is 0 Å². The molecule has 2 aromatic rings. The van der Waals surface area contributed by atoms with Gasteiger partial charge >= 0.3 is 0 Å². The first kappa shape index (κ1) is 15.9. The molecule has 0 fully saturated rings. The molecule has 2 N–H and O–H groups in total. The molecule has 116 valence electrons. The van der Waals surface area contributed by atoms with Crippen molar-refractivity contribution in [2.45, 2.75) is 13.5 Å². The molecule has 0 aliphatic heterocycles. The van der Waals surface area contributed by atoms with Gasteiger partial charge in [-0.05, 0) is 49.4 Å². The Hall–Kier alpha value is -2.47. The first-order chi connectivity index (χ1) is 10.4. The van der Waals surface area contributed by atoms with Gasteiger partial charge < -0.3 is 10.4 Å². The molecule has 0 bridgehead atoms. The molecule has 0 saturated carbocycles. The van der Waals surface area contributed by atoms with Crippen LogP contribution in [0.2, 0.25) is 0 Å². The monoisotopic (exact) mass is 303 g/mol. The van der Waals surface area contributed by atoms with Gasteiger partial charge in [-0.25, -0.2) is 9.37 Å². The smallest absolute Gasteiger partial charge is 0.239 e. The summed E-state index contributed by atoms with van der Waals surface area (Å²) in [5.41, 5.74) is 1.69. The highest BCUT2D eigenvalue weighted by Crippen LogP contribution is 2.17. The van der Waals surface area contributed by atoms with Crippen molar-refractivity contribution < 1.29 is 14.3 Å². The van der Waals surface area contributed by atoms with Crippen LogP contribution in [-0.2, 0) is 11.3 Å². The van der Waals surface area contributed by atoms with Gasteiger partial charge in [0.15, 0.2) is 11.6 Å². The second-order valence-electron chi connectivity index (χ2n) is 5.22. The lowest BCUT2D eigenvalue weighted by Crippen LogP contribution is -2.30. The SMILES string of the molecule is Cc1ccnc(NC(=O)CN(C)Cc2ccc(O)c(F)c2)c1. The molecule has 5 nitrogen and oxygen atoms in total. The number of nitrogens with one attached hydrogen (secondary N) is 1. The number of halogens is 1. The highest BCUT2D eigenvalue weighted by Gasteiger charge is 2.09. The van der Waals surface area contributed by atoms with Crippen molar-refractivity contribution in [2.24, 2.45) is 0 Å². The van der Waals surface area contributed by atoms with Crippen LogP contribution in [0.25, 0.3) is 0 Å². The number of aryl methyl sites for hydroxylation is 1. The molecular formula is C16H18FN3O2. The Labute approximate surface area is 128 Å². The van der Waals surface area contributed by atoms with E-state index in [0.29, 0.717) is 17.9 Å². The summed E-state index contributed by atoms with van der Waals surface area (Å²) >= 11 is 0. The van der Waals surface area contributed by atoms with Crippen LogP contribution >= 0.6 is 0 Å². The van der Waals surface area contributed by atoms with Crippen molar-refractivity contribution in [1.29, 1.82) is 0 Å². The zero-order valence-corrected chi connectivity index (χ0v) is 12.5. The Morgan fingerprint density at radius 1 is 1.36 bits per heavy atom. The Bertz CT molecular complexity index is 676. The van der Waals surface area contributed by atoms with Crippen molar-refractivity contribution >= 4 is 11.7 Å². The minimum atomic E-state index is -0.667. The van der Waals surface area contributed by atoms with Crippen LogP contribution in [0.1, 0.15) is 11.1 Å². The molecule has 0 saturated heterocycles. The summed E-state index contributed by atoms with van der Waals surface area (Å²) in [5, 5.41) is 11.9. The van der Waals surface area contributed by atoms with Crippen molar-refractivity contribution in [2.75, 3.05) is 18.9 Å². The van der Waals surface area contributed by atoms with Gasteiger partial charge in [0, 0.05) is 12.7 Å². The van der Waals surface area contributed by atoms with Crippen LogP contribution in [0.4, 0.5) is 10.2 Å². The van der Waals surface area contributed by atoms with Crippen LogP contribution in [-0.4, -0.2) is 34.5 Å². The number of aromatic hydroxyl groups is 1. The van der Waals surface area contributed by atoms with Crippen LogP contribution in [0, 0.1) is 12.7 Å². The number of phenols is 1. The van der Waals surface area contributed by atoms with Crippen LogP contribution < -0.4 is 5.32 Å². The Morgan fingerprint density at radius 2 is 2.14 bits per heavy atom. The summed E-state index contributed by atoms with van der Waals surface area (Å²) in [4.78, 5) is 17.7. The van der Waals surface area contributed by atoms with E-state index in [-0.39, 0.29) is 18.2 Å². The maximum absolute atomic E-state index is 13.3. The Kier molecular flexibility index (Phi) is 5.06. The van der Waals surface area contributed by atoms with Gasteiger partial charge in [0.25, 0.3) is 0 Å². The first-order valence-corrected chi connectivity index (χ1v) is 6.82. The Balaban J connectivity index is 1.89. The molecule has 1 aromatic carbocycles. The summed E-state index contributed by atoms with van der Waals surface area (Å²) in [5.74, 6) is -0.733. The third-order valence-corrected chi connectivity index (χ3v) is 3.06. The molecule has 0 spiro atoms. The molecule has 22 heavy (non-hydrogen) atoms. The molecule has 0 unspecified atom stereocenters. The number of nitrogens with zero attached hydrogens (tertiary/aromatic N) is 2. The maximum Gasteiger partial charge on any atom is 0.239 e. The van der Waals surface area contributed by atoms with Crippen LogP contribution in [0.5, 0.6) is 5.75 Å². The van der Waals surface area contributed by atoms with Gasteiger partial charge in [-0.2, -0.15) is 0 Å². The minimum absolute atomic E-state index is 0.151. The highest BCUT2D eigenvalue weighted by molar-refractivity contribution is 5.91. The molecule has 2 rings (SSSR count).